The standard InChI is InChI=1S/C22H27ClN6.HI/c1-3-24-22(26-10-9-18-7-8-21(23)27-14-18)28-15-19-5-4-6-20(13-19)16-29-12-11-25-17(29)2;/h4-8,11-14H,3,9-10,15-16H2,1-2H3,(H2,24,26,28);1H. The van der Waals surface area contributed by atoms with Crippen molar-refractivity contribution >= 4 is 41.5 Å². The highest BCUT2D eigenvalue weighted by Gasteiger charge is 2.02. The van der Waals surface area contributed by atoms with Crippen LogP contribution >= 0.6 is 35.6 Å². The first-order valence-corrected chi connectivity index (χ1v) is 10.2. The summed E-state index contributed by atoms with van der Waals surface area (Å²) in [5.74, 6) is 1.83. The van der Waals surface area contributed by atoms with Crippen LogP contribution in [0.2, 0.25) is 5.15 Å². The molecule has 0 saturated carbocycles. The second kappa shape index (κ2) is 12.5. The van der Waals surface area contributed by atoms with E-state index in [4.69, 9.17) is 16.6 Å². The Hall–Kier alpha value is -2.13. The molecule has 0 saturated heterocycles. The van der Waals surface area contributed by atoms with Crippen molar-refractivity contribution in [2.75, 3.05) is 13.1 Å². The molecule has 0 aliphatic carbocycles. The second-order valence-electron chi connectivity index (χ2n) is 6.78. The highest BCUT2D eigenvalue weighted by Crippen LogP contribution is 2.10. The Morgan fingerprint density at radius 2 is 1.93 bits per heavy atom. The molecule has 0 radical (unpaired) electrons. The lowest BCUT2D eigenvalue weighted by Crippen LogP contribution is -2.38. The van der Waals surface area contributed by atoms with Crippen molar-refractivity contribution in [3.63, 3.8) is 0 Å². The number of aryl methyl sites for hydroxylation is 1. The zero-order valence-electron chi connectivity index (χ0n) is 17.3. The van der Waals surface area contributed by atoms with Crippen LogP contribution in [0.1, 0.15) is 29.4 Å². The van der Waals surface area contributed by atoms with Gasteiger partial charge in [0, 0.05) is 38.2 Å². The van der Waals surface area contributed by atoms with Gasteiger partial charge in [0.15, 0.2) is 5.96 Å². The van der Waals surface area contributed by atoms with Crippen molar-refractivity contribution in [2.24, 2.45) is 4.99 Å². The molecule has 0 amide bonds. The van der Waals surface area contributed by atoms with Crippen molar-refractivity contribution in [3.8, 4) is 0 Å². The normalized spacial score (nSPS) is 11.1. The van der Waals surface area contributed by atoms with E-state index in [-0.39, 0.29) is 24.0 Å². The Kier molecular flexibility index (Phi) is 10.1. The fourth-order valence-electron chi connectivity index (χ4n) is 2.99. The van der Waals surface area contributed by atoms with E-state index in [0.717, 1.165) is 43.4 Å². The zero-order valence-corrected chi connectivity index (χ0v) is 20.4. The van der Waals surface area contributed by atoms with Crippen LogP contribution in [0, 0.1) is 6.92 Å². The van der Waals surface area contributed by atoms with E-state index in [1.807, 2.05) is 37.6 Å². The van der Waals surface area contributed by atoms with Gasteiger partial charge >= 0.3 is 0 Å². The molecule has 0 atom stereocenters. The maximum Gasteiger partial charge on any atom is 0.191 e. The van der Waals surface area contributed by atoms with Gasteiger partial charge in [0.2, 0.25) is 0 Å². The molecule has 2 heterocycles. The first kappa shape index (κ1) is 24.1. The van der Waals surface area contributed by atoms with Gasteiger partial charge in [-0.1, -0.05) is 41.9 Å². The molecule has 30 heavy (non-hydrogen) atoms. The van der Waals surface area contributed by atoms with Crippen molar-refractivity contribution in [1.29, 1.82) is 0 Å². The number of nitrogens with zero attached hydrogens (tertiary/aromatic N) is 4. The number of aromatic nitrogens is 3. The van der Waals surface area contributed by atoms with Gasteiger partial charge in [-0.25, -0.2) is 15.0 Å². The van der Waals surface area contributed by atoms with Crippen LogP contribution in [0.25, 0.3) is 0 Å². The lowest BCUT2D eigenvalue weighted by Gasteiger charge is -2.12. The number of nitrogens with one attached hydrogen (secondary N) is 2. The molecular formula is C22H28ClIN6. The molecule has 160 valence electrons. The van der Waals surface area contributed by atoms with Gasteiger partial charge in [0.05, 0.1) is 6.54 Å². The first-order chi connectivity index (χ1) is 14.1. The fraction of sp³-hybridized carbons (Fsp3) is 0.318. The number of pyridine rings is 1. The molecular weight excluding hydrogens is 511 g/mol. The molecule has 6 nitrogen and oxygen atoms in total. The Morgan fingerprint density at radius 3 is 2.63 bits per heavy atom. The number of rotatable bonds is 8. The molecule has 3 aromatic rings. The number of benzene rings is 1. The molecule has 0 aliphatic rings. The predicted molar refractivity (Wildman–Crippen MR) is 134 cm³/mol. The molecule has 0 aliphatic heterocycles. The van der Waals surface area contributed by atoms with Crippen molar-refractivity contribution in [2.45, 2.75) is 33.4 Å². The Bertz CT molecular complexity index is 939. The minimum absolute atomic E-state index is 0. The second-order valence-corrected chi connectivity index (χ2v) is 7.17. The van der Waals surface area contributed by atoms with Crippen molar-refractivity contribution < 1.29 is 0 Å². The van der Waals surface area contributed by atoms with Gasteiger partial charge in [0.25, 0.3) is 0 Å². The summed E-state index contributed by atoms with van der Waals surface area (Å²) in [6.45, 7) is 7.10. The van der Waals surface area contributed by atoms with Gasteiger partial charge in [-0.15, -0.1) is 24.0 Å². The summed E-state index contributed by atoms with van der Waals surface area (Å²) in [4.78, 5) is 13.1. The average molecular weight is 539 g/mol. The number of aliphatic imine (C=N–C) groups is 1. The third-order valence-electron chi connectivity index (χ3n) is 4.53. The van der Waals surface area contributed by atoms with Crippen LogP contribution in [0.15, 0.2) is 60.0 Å². The van der Waals surface area contributed by atoms with E-state index in [2.05, 4.69) is 56.4 Å². The Balaban J connectivity index is 0.00000320. The minimum atomic E-state index is 0. The van der Waals surface area contributed by atoms with E-state index < -0.39 is 0 Å². The van der Waals surface area contributed by atoms with E-state index in [9.17, 15) is 0 Å². The molecule has 2 N–H and O–H groups in total. The van der Waals surface area contributed by atoms with E-state index in [1.54, 1.807) is 0 Å². The Labute approximate surface area is 200 Å². The van der Waals surface area contributed by atoms with Gasteiger partial charge in [-0.05, 0) is 43.0 Å². The van der Waals surface area contributed by atoms with Crippen LogP contribution in [-0.2, 0) is 19.5 Å². The van der Waals surface area contributed by atoms with Crippen LogP contribution < -0.4 is 10.6 Å². The number of guanidine groups is 1. The summed E-state index contributed by atoms with van der Waals surface area (Å²) in [7, 11) is 0. The van der Waals surface area contributed by atoms with Gasteiger partial charge in [0.1, 0.15) is 11.0 Å². The highest BCUT2D eigenvalue weighted by molar-refractivity contribution is 14.0. The van der Waals surface area contributed by atoms with Crippen LogP contribution in [-0.4, -0.2) is 33.6 Å². The quantitative estimate of drug-likeness (QED) is 0.195. The number of imidazole rings is 1. The molecule has 0 bridgehead atoms. The molecule has 0 fully saturated rings. The Morgan fingerprint density at radius 1 is 1.10 bits per heavy atom. The van der Waals surface area contributed by atoms with Gasteiger partial charge in [-0.2, -0.15) is 0 Å². The summed E-state index contributed by atoms with van der Waals surface area (Å²) < 4.78 is 2.14. The minimum Gasteiger partial charge on any atom is -0.357 e. The van der Waals surface area contributed by atoms with E-state index in [0.29, 0.717) is 11.7 Å². The maximum absolute atomic E-state index is 5.83. The number of hydrogen-bond donors (Lipinski definition) is 2. The van der Waals surface area contributed by atoms with E-state index in [1.165, 1.54) is 11.1 Å². The summed E-state index contributed by atoms with van der Waals surface area (Å²) >= 11 is 5.83. The summed E-state index contributed by atoms with van der Waals surface area (Å²) in [5, 5.41) is 7.19. The smallest absolute Gasteiger partial charge is 0.191 e. The lowest BCUT2D eigenvalue weighted by atomic mass is 10.1. The molecule has 1 aromatic carbocycles. The van der Waals surface area contributed by atoms with E-state index >= 15 is 0 Å². The third-order valence-corrected chi connectivity index (χ3v) is 4.75. The molecule has 2 aromatic heterocycles. The zero-order chi connectivity index (χ0) is 20.5. The third kappa shape index (κ3) is 7.60. The molecule has 8 heteroatoms. The summed E-state index contributed by atoms with van der Waals surface area (Å²) in [6.07, 6.45) is 6.50. The molecule has 0 unspecified atom stereocenters. The van der Waals surface area contributed by atoms with Crippen LogP contribution in [0.5, 0.6) is 0 Å². The monoisotopic (exact) mass is 538 g/mol. The lowest BCUT2D eigenvalue weighted by molar-refractivity contribution is 0.760. The molecule has 0 spiro atoms. The number of halogens is 2. The van der Waals surface area contributed by atoms with Crippen LogP contribution in [0.4, 0.5) is 0 Å². The maximum atomic E-state index is 5.83. The summed E-state index contributed by atoms with van der Waals surface area (Å²) in [5.41, 5.74) is 3.56. The van der Waals surface area contributed by atoms with Crippen LogP contribution in [0.3, 0.4) is 0 Å². The van der Waals surface area contributed by atoms with Crippen molar-refractivity contribution in [3.05, 3.63) is 82.7 Å². The molecule has 3 rings (SSSR count). The SMILES string of the molecule is CCNC(=NCc1cccc(Cn2ccnc2C)c1)NCCc1ccc(Cl)nc1.I. The average Bonchev–Trinajstić information content (AvgIpc) is 3.12. The highest BCUT2D eigenvalue weighted by atomic mass is 127. The fourth-order valence-corrected chi connectivity index (χ4v) is 3.10. The van der Waals surface area contributed by atoms with Crippen molar-refractivity contribution in [1.82, 2.24) is 25.2 Å². The largest absolute Gasteiger partial charge is 0.357 e. The van der Waals surface area contributed by atoms with Gasteiger partial charge < -0.3 is 15.2 Å². The number of hydrogen-bond acceptors (Lipinski definition) is 3. The van der Waals surface area contributed by atoms with Gasteiger partial charge in [-0.3, -0.25) is 0 Å². The first-order valence-electron chi connectivity index (χ1n) is 9.82. The summed E-state index contributed by atoms with van der Waals surface area (Å²) in [6, 6.07) is 12.3. The topological polar surface area (TPSA) is 67.1 Å². The predicted octanol–water partition coefficient (Wildman–Crippen LogP) is 4.20.